The molecule has 0 unspecified atom stereocenters. The lowest BCUT2D eigenvalue weighted by molar-refractivity contribution is -0.143. The number of carbonyl (C=O) groups is 1. The minimum atomic E-state index is -5.06. The summed E-state index contributed by atoms with van der Waals surface area (Å²) >= 11 is 0. The number of carbonyl (C=O) groups excluding carboxylic acids is 1. The van der Waals surface area contributed by atoms with Crippen LogP contribution in [0.5, 0.6) is 0 Å². The van der Waals surface area contributed by atoms with Crippen molar-refractivity contribution in [3.63, 3.8) is 0 Å². The molecule has 13 heteroatoms. The van der Waals surface area contributed by atoms with Crippen molar-refractivity contribution >= 4 is 5.91 Å². The second kappa shape index (κ2) is 8.12. The number of rotatable bonds is 5. The summed E-state index contributed by atoms with van der Waals surface area (Å²) in [6.45, 7) is 1.49. The molecule has 1 N–H and O–H groups in total. The molecule has 0 spiro atoms. The summed E-state index contributed by atoms with van der Waals surface area (Å²) in [7, 11) is 0. The maximum atomic E-state index is 13.1. The molecule has 1 atom stereocenters. The second-order valence-electron chi connectivity index (χ2n) is 7.57. The lowest BCUT2D eigenvalue weighted by Crippen LogP contribution is -2.29. The third-order valence-corrected chi connectivity index (χ3v) is 4.94. The Hall–Kier alpha value is -3.51. The normalized spacial score (nSPS) is 15.4. The number of benzene rings is 1. The van der Waals surface area contributed by atoms with E-state index in [-0.39, 0.29) is 17.8 Å². The van der Waals surface area contributed by atoms with Crippen LogP contribution in [0.25, 0.3) is 5.82 Å². The van der Waals surface area contributed by atoms with Gasteiger partial charge in [-0.25, -0.2) is 9.97 Å². The molecule has 0 radical (unpaired) electrons. The van der Waals surface area contributed by atoms with Crippen molar-refractivity contribution in [2.24, 2.45) is 0 Å². The van der Waals surface area contributed by atoms with E-state index in [1.807, 2.05) is 0 Å². The first-order valence-corrected chi connectivity index (χ1v) is 9.77. The van der Waals surface area contributed by atoms with E-state index in [0.717, 1.165) is 12.8 Å². The van der Waals surface area contributed by atoms with Crippen LogP contribution in [0.3, 0.4) is 0 Å². The van der Waals surface area contributed by atoms with E-state index in [1.54, 1.807) is 0 Å². The fourth-order valence-corrected chi connectivity index (χ4v) is 3.14. The third-order valence-electron chi connectivity index (χ3n) is 4.94. The zero-order valence-corrected chi connectivity index (χ0v) is 16.9. The van der Waals surface area contributed by atoms with Crippen LogP contribution in [0, 0.1) is 0 Å². The predicted octanol–water partition coefficient (Wildman–Crippen LogP) is 4.46. The molecule has 2 heterocycles. The molecule has 1 amide bonds. The van der Waals surface area contributed by atoms with E-state index < -0.39 is 41.0 Å². The first-order chi connectivity index (χ1) is 15.4. The Kier molecular flexibility index (Phi) is 5.58. The molecule has 174 valence electrons. The Morgan fingerprint density at radius 3 is 2.21 bits per heavy atom. The van der Waals surface area contributed by atoms with Crippen LogP contribution >= 0.6 is 0 Å². The van der Waals surface area contributed by atoms with E-state index in [9.17, 15) is 31.1 Å². The maximum Gasteiger partial charge on any atom is 0.416 e. The number of nitrogens with zero attached hydrogens (tertiary/aromatic N) is 5. The molecule has 0 aliphatic heterocycles. The molecule has 1 aliphatic rings. The molecule has 3 aromatic rings. The van der Waals surface area contributed by atoms with Gasteiger partial charge in [-0.3, -0.25) is 9.78 Å². The number of hydrogen-bond donors (Lipinski definition) is 1. The van der Waals surface area contributed by atoms with Crippen molar-refractivity contribution in [2.75, 3.05) is 0 Å². The number of halogens is 6. The van der Waals surface area contributed by atoms with Gasteiger partial charge in [-0.15, -0.1) is 5.10 Å². The summed E-state index contributed by atoms with van der Waals surface area (Å²) in [5.74, 6) is 0.0403. The predicted molar refractivity (Wildman–Crippen MR) is 101 cm³/mol. The highest BCUT2D eigenvalue weighted by molar-refractivity contribution is 5.94. The molecule has 33 heavy (non-hydrogen) atoms. The molecule has 7 nitrogen and oxygen atoms in total. The van der Waals surface area contributed by atoms with Gasteiger partial charge < -0.3 is 5.32 Å². The topological polar surface area (TPSA) is 85.6 Å². The lowest BCUT2D eigenvalue weighted by atomic mass is 10.0. The summed E-state index contributed by atoms with van der Waals surface area (Å²) in [5, 5.41) is 6.80. The highest BCUT2D eigenvalue weighted by Crippen LogP contribution is 2.39. The Morgan fingerprint density at radius 2 is 1.70 bits per heavy atom. The standard InChI is InChI=1S/C20H16F6N6O/c1-10(17-30-16(11-2-3-11)31-32(17)15-9-27-4-5-28-15)29-18(33)12-6-13(19(21,22)23)8-14(7-12)20(24,25)26/h4-11H,2-3H2,1H3,(H,29,33)/t10-/m0/s1. The third kappa shape index (κ3) is 4.96. The summed E-state index contributed by atoms with van der Waals surface area (Å²) in [5.41, 5.74) is -3.93. The summed E-state index contributed by atoms with van der Waals surface area (Å²) in [6, 6.07) is -0.198. The molecule has 1 aromatic carbocycles. The quantitative estimate of drug-likeness (QED) is 0.557. The average Bonchev–Trinajstić information content (AvgIpc) is 3.51. The van der Waals surface area contributed by atoms with Gasteiger partial charge in [-0.05, 0) is 38.0 Å². The van der Waals surface area contributed by atoms with Crippen molar-refractivity contribution in [1.82, 2.24) is 30.0 Å². The van der Waals surface area contributed by atoms with E-state index in [1.165, 1.54) is 30.2 Å². The van der Waals surface area contributed by atoms with Crippen LogP contribution < -0.4 is 5.32 Å². The van der Waals surface area contributed by atoms with Crippen molar-refractivity contribution in [3.05, 3.63) is 65.1 Å². The molecular weight excluding hydrogens is 454 g/mol. The Balaban J connectivity index is 1.66. The van der Waals surface area contributed by atoms with Crippen molar-refractivity contribution < 1.29 is 31.1 Å². The Labute approximate surface area is 182 Å². The number of alkyl halides is 6. The van der Waals surface area contributed by atoms with Crippen LogP contribution in [0.15, 0.2) is 36.8 Å². The van der Waals surface area contributed by atoms with Gasteiger partial charge in [0, 0.05) is 23.9 Å². The van der Waals surface area contributed by atoms with Gasteiger partial charge in [0.1, 0.15) is 0 Å². The molecule has 2 aromatic heterocycles. The van der Waals surface area contributed by atoms with Crippen LogP contribution in [-0.4, -0.2) is 30.6 Å². The molecule has 0 bridgehead atoms. The minimum absolute atomic E-state index is 0.0349. The van der Waals surface area contributed by atoms with Crippen LogP contribution in [-0.2, 0) is 12.4 Å². The van der Waals surface area contributed by atoms with Crippen LogP contribution in [0.2, 0.25) is 0 Å². The zero-order chi connectivity index (χ0) is 24.0. The second-order valence-corrected chi connectivity index (χ2v) is 7.57. The number of nitrogens with one attached hydrogen (secondary N) is 1. The minimum Gasteiger partial charge on any atom is -0.342 e. The summed E-state index contributed by atoms with van der Waals surface area (Å²) < 4.78 is 80.1. The fraction of sp³-hybridized carbons (Fsp3) is 0.350. The molecule has 0 saturated heterocycles. The first-order valence-electron chi connectivity index (χ1n) is 9.77. The van der Waals surface area contributed by atoms with E-state index in [0.29, 0.717) is 23.8 Å². The zero-order valence-electron chi connectivity index (χ0n) is 16.9. The largest absolute Gasteiger partial charge is 0.416 e. The van der Waals surface area contributed by atoms with Gasteiger partial charge >= 0.3 is 12.4 Å². The molecule has 1 aliphatic carbocycles. The van der Waals surface area contributed by atoms with Gasteiger partial charge in [0.05, 0.1) is 23.4 Å². The SMILES string of the molecule is C[C@H](NC(=O)c1cc(C(F)(F)F)cc(C(F)(F)F)c1)c1nc(C2CC2)nn1-c1cnccn1. The van der Waals surface area contributed by atoms with Gasteiger partial charge in [0.2, 0.25) is 0 Å². The number of aromatic nitrogens is 5. The highest BCUT2D eigenvalue weighted by Gasteiger charge is 2.38. The fourth-order valence-electron chi connectivity index (χ4n) is 3.14. The molecule has 1 fully saturated rings. The molecule has 1 saturated carbocycles. The van der Waals surface area contributed by atoms with E-state index in [2.05, 4.69) is 25.4 Å². The van der Waals surface area contributed by atoms with Crippen LogP contribution in [0.1, 0.15) is 64.9 Å². The van der Waals surface area contributed by atoms with Gasteiger partial charge in [0.25, 0.3) is 5.91 Å². The smallest absolute Gasteiger partial charge is 0.342 e. The number of amides is 1. The van der Waals surface area contributed by atoms with Gasteiger partial charge in [0.15, 0.2) is 17.5 Å². The first kappa shape index (κ1) is 22.7. The van der Waals surface area contributed by atoms with Gasteiger partial charge in [-0.2, -0.15) is 31.0 Å². The Morgan fingerprint density at radius 1 is 1.06 bits per heavy atom. The Bertz CT molecular complexity index is 1140. The van der Waals surface area contributed by atoms with Crippen molar-refractivity contribution in [2.45, 2.75) is 44.1 Å². The van der Waals surface area contributed by atoms with Crippen LogP contribution in [0.4, 0.5) is 26.3 Å². The lowest BCUT2D eigenvalue weighted by Gasteiger charge is -2.17. The maximum absolute atomic E-state index is 13.1. The van der Waals surface area contributed by atoms with E-state index in [4.69, 9.17) is 0 Å². The monoisotopic (exact) mass is 470 g/mol. The number of hydrogen-bond acceptors (Lipinski definition) is 5. The molecule has 4 rings (SSSR count). The van der Waals surface area contributed by atoms with Gasteiger partial charge in [-0.1, -0.05) is 0 Å². The average molecular weight is 470 g/mol. The summed E-state index contributed by atoms with van der Waals surface area (Å²) in [4.78, 5) is 25.2. The van der Waals surface area contributed by atoms with Crippen molar-refractivity contribution in [1.29, 1.82) is 0 Å². The highest BCUT2D eigenvalue weighted by atomic mass is 19.4. The summed E-state index contributed by atoms with van der Waals surface area (Å²) in [6.07, 6.45) is -4.09. The molecular formula is C20H16F6N6O. The van der Waals surface area contributed by atoms with E-state index >= 15 is 0 Å². The van der Waals surface area contributed by atoms with Crippen molar-refractivity contribution in [3.8, 4) is 5.82 Å².